The van der Waals surface area contributed by atoms with Gasteiger partial charge in [-0.3, -0.25) is 4.57 Å². The zero-order valence-corrected chi connectivity index (χ0v) is 8.11. The standard InChI is InChI=1S/C8H15N3O2/c1-6(2)8(3,13)4-11-5-9-10-7(11)12/h5-6,13H,4H2,1-3H3,(H,10,12). The zero-order chi connectivity index (χ0) is 10.1. The summed E-state index contributed by atoms with van der Waals surface area (Å²) in [6.45, 7) is 5.79. The molecule has 0 aliphatic heterocycles. The molecule has 5 heteroatoms. The largest absolute Gasteiger partial charge is 0.388 e. The number of rotatable bonds is 3. The van der Waals surface area contributed by atoms with Crippen LogP contribution >= 0.6 is 0 Å². The highest BCUT2D eigenvalue weighted by Gasteiger charge is 2.25. The average Bonchev–Trinajstić information content (AvgIpc) is 2.35. The Kier molecular flexibility index (Phi) is 2.56. The van der Waals surface area contributed by atoms with Crippen molar-refractivity contribution in [1.82, 2.24) is 14.8 Å². The van der Waals surface area contributed by atoms with Gasteiger partial charge in [-0.25, -0.2) is 9.89 Å². The van der Waals surface area contributed by atoms with E-state index in [0.717, 1.165) is 0 Å². The summed E-state index contributed by atoms with van der Waals surface area (Å²) in [4.78, 5) is 11.1. The number of hydrogen-bond donors (Lipinski definition) is 2. The minimum absolute atomic E-state index is 0.0919. The number of aliphatic hydroxyl groups is 1. The summed E-state index contributed by atoms with van der Waals surface area (Å²) >= 11 is 0. The van der Waals surface area contributed by atoms with Crippen molar-refractivity contribution >= 4 is 0 Å². The zero-order valence-electron chi connectivity index (χ0n) is 8.11. The first-order chi connectivity index (χ1) is 5.93. The van der Waals surface area contributed by atoms with E-state index in [1.165, 1.54) is 10.9 Å². The van der Waals surface area contributed by atoms with Crippen molar-refractivity contribution in [1.29, 1.82) is 0 Å². The monoisotopic (exact) mass is 185 g/mol. The molecule has 0 radical (unpaired) electrons. The molecule has 1 aromatic rings. The summed E-state index contributed by atoms with van der Waals surface area (Å²) < 4.78 is 1.36. The van der Waals surface area contributed by atoms with E-state index >= 15 is 0 Å². The average molecular weight is 185 g/mol. The molecule has 0 amide bonds. The van der Waals surface area contributed by atoms with E-state index < -0.39 is 5.60 Å². The van der Waals surface area contributed by atoms with Gasteiger partial charge in [0.15, 0.2) is 0 Å². The second-order valence-electron chi connectivity index (χ2n) is 3.80. The fourth-order valence-electron chi connectivity index (χ4n) is 0.911. The lowest BCUT2D eigenvalue weighted by atomic mass is 9.92. The highest BCUT2D eigenvalue weighted by atomic mass is 16.3. The fraction of sp³-hybridized carbons (Fsp3) is 0.750. The number of hydrogen-bond acceptors (Lipinski definition) is 3. The summed E-state index contributed by atoms with van der Waals surface area (Å²) in [5, 5.41) is 15.7. The molecule has 1 aromatic heterocycles. The third-order valence-electron chi connectivity index (χ3n) is 2.35. The molecule has 0 saturated heterocycles. The number of aromatic amines is 1. The first-order valence-corrected chi connectivity index (χ1v) is 4.25. The maximum atomic E-state index is 11.1. The third-order valence-corrected chi connectivity index (χ3v) is 2.35. The Morgan fingerprint density at radius 3 is 2.77 bits per heavy atom. The molecule has 74 valence electrons. The van der Waals surface area contributed by atoms with Crippen LogP contribution in [-0.4, -0.2) is 25.5 Å². The molecule has 5 nitrogen and oxygen atoms in total. The van der Waals surface area contributed by atoms with Crippen LogP contribution in [0.5, 0.6) is 0 Å². The molecule has 1 atom stereocenters. The van der Waals surface area contributed by atoms with Crippen LogP contribution in [0.25, 0.3) is 0 Å². The van der Waals surface area contributed by atoms with Crippen LogP contribution in [-0.2, 0) is 6.54 Å². The molecular weight excluding hydrogens is 170 g/mol. The highest BCUT2D eigenvalue weighted by Crippen LogP contribution is 2.17. The van der Waals surface area contributed by atoms with Gasteiger partial charge in [-0.2, -0.15) is 5.10 Å². The van der Waals surface area contributed by atoms with Crippen LogP contribution in [0.1, 0.15) is 20.8 Å². The Morgan fingerprint density at radius 2 is 2.38 bits per heavy atom. The molecule has 1 unspecified atom stereocenters. The predicted molar refractivity (Wildman–Crippen MR) is 48.3 cm³/mol. The Labute approximate surface area is 76.4 Å². The molecule has 0 aromatic carbocycles. The van der Waals surface area contributed by atoms with Gasteiger partial charge in [0.2, 0.25) is 0 Å². The minimum atomic E-state index is -0.881. The van der Waals surface area contributed by atoms with Gasteiger partial charge in [0, 0.05) is 0 Å². The quantitative estimate of drug-likeness (QED) is 0.695. The van der Waals surface area contributed by atoms with Crippen LogP contribution in [0.3, 0.4) is 0 Å². The van der Waals surface area contributed by atoms with Crippen molar-refractivity contribution in [2.45, 2.75) is 32.9 Å². The van der Waals surface area contributed by atoms with E-state index in [2.05, 4.69) is 10.2 Å². The van der Waals surface area contributed by atoms with Crippen LogP contribution in [0, 0.1) is 5.92 Å². The number of aromatic nitrogens is 3. The summed E-state index contributed by atoms with van der Waals surface area (Å²) in [7, 11) is 0. The highest BCUT2D eigenvalue weighted by molar-refractivity contribution is 4.78. The summed E-state index contributed by atoms with van der Waals surface area (Å²) in [6, 6.07) is 0. The van der Waals surface area contributed by atoms with E-state index in [-0.39, 0.29) is 18.2 Å². The molecule has 0 aliphatic rings. The van der Waals surface area contributed by atoms with Crippen LogP contribution in [0.2, 0.25) is 0 Å². The molecule has 13 heavy (non-hydrogen) atoms. The number of nitrogens with zero attached hydrogens (tertiary/aromatic N) is 2. The lowest BCUT2D eigenvalue weighted by Crippen LogP contribution is -2.38. The Balaban J connectivity index is 2.80. The molecule has 0 aliphatic carbocycles. The van der Waals surface area contributed by atoms with E-state index in [9.17, 15) is 9.90 Å². The van der Waals surface area contributed by atoms with Crippen LogP contribution in [0.4, 0.5) is 0 Å². The molecular formula is C8H15N3O2. The summed E-state index contributed by atoms with van der Waals surface area (Å²) in [6.07, 6.45) is 1.39. The molecule has 0 spiro atoms. The maximum Gasteiger partial charge on any atom is 0.343 e. The second kappa shape index (κ2) is 3.33. The first kappa shape index (κ1) is 9.98. The Hall–Kier alpha value is -1.10. The van der Waals surface area contributed by atoms with Gasteiger partial charge in [-0.05, 0) is 12.8 Å². The van der Waals surface area contributed by atoms with Crippen molar-refractivity contribution < 1.29 is 5.11 Å². The first-order valence-electron chi connectivity index (χ1n) is 4.25. The van der Waals surface area contributed by atoms with Gasteiger partial charge in [0.25, 0.3) is 0 Å². The number of H-pyrrole nitrogens is 1. The van der Waals surface area contributed by atoms with Gasteiger partial charge < -0.3 is 5.11 Å². The second-order valence-corrected chi connectivity index (χ2v) is 3.80. The van der Waals surface area contributed by atoms with Crippen molar-refractivity contribution in [2.24, 2.45) is 5.92 Å². The van der Waals surface area contributed by atoms with Crippen molar-refractivity contribution in [3.63, 3.8) is 0 Å². The van der Waals surface area contributed by atoms with E-state index in [0.29, 0.717) is 0 Å². The third kappa shape index (κ3) is 2.18. The van der Waals surface area contributed by atoms with E-state index in [1.54, 1.807) is 6.92 Å². The SMILES string of the molecule is CC(C)C(C)(O)Cn1cn[nH]c1=O. The number of nitrogens with one attached hydrogen (secondary N) is 1. The maximum absolute atomic E-state index is 11.1. The summed E-state index contributed by atoms with van der Waals surface area (Å²) in [5.41, 5.74) is -1.17. The smallest absolute Gasteiger partial charge is 0.343 e. The lowest BCUT2D eigenvalue weighted by molar-refractivity contribution is -0.00354. The normalized spacial score (nSPS) is 16.1. The van der Waals surface area contributed by atoms with Crippen molar-refractivity contribution in [3.8, 4) is 0 Å². The molecule has 1 rings (SSSR count). The van der Waals surface area contributed by atoms with Gasteiger partial charge in [0.1, 0.15) is 6.33 Å². The van der Waals surface area contributed by atoms with Gasteiger partial charge in [-0.1, -0.05) is 13.8 Å². The Bertz CT molecular complexity index is 324. The lowest BCUT2D eigenvalue weighted by Gasteiger charge is -2.27. The Morgan fingerprint density at radius 1 is 1.77 bits per heavy atom. The predicted octanol–water partition coefficient (Wildman–Crippen LogP) is -0.0216. The van der Waals surface area contributed by atoms with Crippen molar-refractivity contribution in [2.75, 3.05) is 0 Å². The van der Waals surface area contributed by atoms with E-state index in [4.69, 9.17) is 0 Å². The van der Waals surface area contributed by atoms with Crippen LogP contribution < -0.4 is 5.69 Å². The molecule has 0 bridgehead atoms. The van der Waals surface area contributed by atoms with Crippen molar-refractivity contribution in [3.05, 3.63) is 16.8 Å². The minimum Gasteiger partial charge on any atom is -0.388 e. The summed E-state index contributed by atoms with van der Waals surface area (Å²) in [5.74, 6) is 0.0919. The molecule has 2 N–H and O–H groups in total. The van der Waals surface area contributed by atoms with Gasteiger partial charge in [0.05, 0.1) is 12.1 Å². The van der Waals surface area contributed by atoms with Crippen LogP contribution in [0.15, 0.2) is 11.1 Å². The topological polar surface area (TPSA) is 70.9 Å². The molecule has 0 fully saturated rings. The van der Waals surface area contributed by atoms with Gasteiger partial charge >= 0.3 is 5.69 Å². The van der Waals surface area contributed by atoms with E-state index in [1.807, 2.05) is 13.8 Å². The molecule has 0 saturated carbocycles. The fourth-order valence-corrected chi connectivity index (χ4v) is 0.911. The van der Waals surface area contributed by atoms with Gasteiger partial charge in [-0.15, -0.1) is 0 Å². The molecule has 1 heterocycles.